The SMILES string of the molecule is Cn1c(C(=O)NCC2CNCC2O)ccc1-c1ccccc1. The first kappa shape index (κ1) is 14.8. The summed E-state index contributed by atoms with van der Waals surface area (Å²) in [5.41, 5.74) is 2.71. The molecule has 1 saturated heterocycles. The lowest BCUT2D eigenvalue weighted by Gasteiger charge is -2.14. The van der Waals surface area contributed by atoms with E-state index in [0.29, 0.717) is 18.8 Å². The van der Waals surface area contributed by atoms with Gasteiger partial charge < -0.3 is 20.3 Å². The molecule has 1 aliphatic rings. The lowest BCUT2D eigenvalue weighted by atomic mass is 10.1. The van der Waals surface area contributed by atoms with E-state index in [0.717, 1.165) is 17.8 Å². The Kier molecular flexibility index (Phi) is 4.27. The summed E-state index contributed by atoms with van der Waals surface area (Å²) in [5, 5.41) is 15.8. The molecule has 1 aliphatic heterocycles. The normalized spacial score (nSPS) is 21.0. The fourth-order valence-electron chi connectivity index (χ4n) is 2.88. The molecule has 3 N–H and O–H groups in total. The van der Waals surface area contributed by atoms with Gasteiger partial charge in [0.05, 0.1) is 6.10 Å². The van der Waals surface area contributed by atoms with E-state index in [-0.39, 0.29) is 17.9 Å². The van der Waals surface area contributed by atoms with Crippen molar-refractivity contribution in [1.29, 1.82) is 0 Å². The van der Waals surface area contributed by atoms with Crippen LogP contribution in [0.4, 0.5) is 0 Å². The van der Waals surface area contributed by atoms with Gasteiger partial charge in [-0.25, -0.2) is 0 Å². The third kappa shape index (κ3) is 2.91. The largest absolute Gasteiger partial charge is 0.391 e. The van der Waals surface area contributed by atoms with Gasteiger partial charge in [0.2, 0.25) is 0 Å². The number of aliphatic hydroxyl groups is 1. The van der Waals surface area contributed by atoms with Crippen molar-refractivity contribution in [2.75, 3.05) is 19.6 Å². The number of amides is 1. The van der Waals surface area contributed by atoms with E-state index in [2.05, 4.69) is 10.6 Å². The summed E-state index contributed by atoms with van der Waals surface area (Å²) in [5.74, 6) is -0.0263. The van der Waals surface area contributed by atoms with Crippen LogP contribution in [0.15, 0.2) is 42.5 Å². The maximum Gasteiger partial charge on any atom is 0.267 e. The number of nitrogens with zero attached hydrogens (tertiary/aromatic N) is 1. The van der Waals surface area contributed by atoms with E-state index >= 15 is 0 Å². The second-order valence-electron chi connectivity index (χ2n) is 5.72. The van der Waals surface area contributed by atoms with E-state index in [1.165, 1.54) is 0 Å². The summed E-state index contributed by atoms with van der Waals surface area (Å²) in [7, 11) is 1.89. The minimum Gasteiger partial charge on any atom is -0.391 e. The Balaban J connectivity index is 1.70. The molecule has 0 bridgehead atoms. The van der Waals surface area contributed by atoms with Gasteiger partial charge in [0.15, 0.2) is 0 Å². The van der Waals surface area contributed by atoms with Gasteiger partial charge in [0, 0.05) is 38.3 Å². The average molecular weight is 299 g/mol. The first-order chi connectivity index (χ1) is 10.7. The number of hydrogen-bond donors (Lipinski definition) is 3. The van der Waals surface area contributed by atoms with Crippen molar-refractivity contribution in [3.8, 4) is 11.3 Å². The molecule has 1 amide bonds. The van der Waals surface area contributed by atoms with Gasteiger partial charge >= 0.3 is 0 Å². The number of carbonyl (C=O) groups is 1. The molecule has 0 saturated carbocycles. The number of aliphatic hydroxyl groups excluding tert-OH is 1. The van der Waals surface area contributed by atoms with Crippen molar-refractivity contribution in [3.63, 3.8) is 0 Å². The van der Waals surface area contributed by atoms with Crippen molar-refractivity contribution < 1.29 is 9.90 Å². The molecule has 22 heavy (non-hydrogen) atoms. The zero-order valence-electron chi connectivity index (χ0n) is 12.6. The van der Waals surface area contributed by atoms with Gasteiger partial charge in [-0.05, 0) is 17.7 Å². The van der Waals surface area contributed by atoms with Crippen molar-refractivity contribution >= 4 is 5.91 Å². The Morgan fingerprint density at radius 1 is 1.27 bits per heavy atom. The summed E-state index contributed by atoms with van der Waals surface area (Å²) in [4.78, 5) is 12.3. The second-order valence-corrected chi connectivity index (χ2v) is 5.72. The number of nitrogens with one attached hydrogen (secondary N) is 2. The van der Waals surface area contributed by atoms with Crippen LogP contribution in [0.5, 0.6) is 0 Å². The highest BCUT2D eigenvalue weighted by molar-refractivity contribution is 5.93. The van der Waals surface area contributed by atoms with Gasteiger partial charge in [-0.15, -0.1) is 0 Å². The van der Waals surface area contributed by atoms with Crippen LogP contribution >= 0.6 is 0 Å². The number of hydrogen-bond acceptors (Lipinski definition) is 3. The molecule has 0 aliphatic carbocycles. The highest BCUT2D eigenvalue weighted by Crippen LogP contribution is 2.21. The topological polar surface area (TPSA) is 66.3 Å². The monoisotopic (exact) mass is 299 g/mol. The maximum atomic E-state index is 12.3. The van der Waals surface area contributed by atoms with Gasteiger partial charge in [-0.1, -0.05) is 30.3 Å². The Morgan fingerprint density at radius 3 is 2.73 bits per heavy atom. The molecule has 0 spiro atoms. The lowest BCUT2D eigenvalue weighted by Crippen LogP contribution is -2.35. The molecule has 5 nitrogen and oxygen atoms in total. The van der Waals surface area contributed by atoms with E-state index < -0.39 is 0 Å². The third-order valence-electron chi connectivity index (χ3n) is 4.25. The summed E-state index contributed by atoms with van der Waals surface area (Å²) in [6.07, 6.45) is -0.381. The summed E-state index contributed by atoms with van der Waals surface area (Å²) < 4.78 is 1.90. The number of β-amino-alcohol motifs (C(OH)–C–C–N with tert-alkyl or cyclic N) is 1. The minimum atomic E-state index is -0.381. The molecular weight excluding hydrogens is 278 g/mol. The fourth-order valence-corrected chi connectivity index (χ4v) is 2.88. The molecule has 1 aromatic carbocycles. The molecule has 0 radical (unpaired) electrons. The van der Waals surface area contributed by atoms with Gasteiger partial charge in [0.1, 0.15) is 5.69 Å². The molecule has 2 unspecified atom stereocenters. The smallest absolute Gasteiger partial charge is 0.267 e. The van der Waals surface area contributed by atoms with Crippen LogP contribution in [0.1, 0.15) is 10.5 Å². The molecule has 2 heterocycles. The van der Waals surface area contributed by atoms with Crippen LogP contribution in [-0.4, -0.2) is 41.3 Å². The predicted molar refractivity (Wildman–Crippen MR) is 85.5 cm³/mol. The predicted octanol–water partition coefficient (Wildman–Crippen LogP) is 1.00. The Bertz CT molecular complexity index is 651. The van der Waals surface area contributed by atoms with Crippen LogP contribution < -0.4 is 10.6 Å². The molecule has 1 fully saturated rings. The van der Waals surface area contributed by atoms with Crippen molar-refractivity contribution in [1.82, 2.24) is 15.2 Å². The molecule has 5 heteroatoms. The van der Waals surface area contributed by atoms with Gasteiger partial charge in [-0.2, -0.15) is 0 Å². The first-order valence-corrected chi connectivity index (χ1v) is 7.55. The Hall–Kier alpha value is -2.11. The average Bonchev–Trinajstić information content (AvgIpc) is 3.12. The van der Waals surface area contributed by atoms with Crippen molar-refractivity contribution in [3.05, 3.63) is 48.2 Å². The van der Waals surface area contributed by atoms with E-state index in [1.807, 2.05) is 54.1 Å². The van der Waals surface area contributed by atoms with E-state index in [9.17, 15) is 9.90 Å². The second kappa shape index (κ2) is 6.34. The Morgan fingerprint density at radius 2 is 2.05 bits per heavy atom. The number of benzene rings is 1. The van der Waals surface area contributed by atoms with Crippen LogP contribution in [0.3, 0.4) is 0 Å². The van der Waals surface area contributed by atoms with Crippen LogP contribution in [0, 0.1) is 5.92 Å². The molecule has 2 aromatic rings. The zero-order chi connectivity index (χ0) is 15.5. The third-order valence-corrected chi connectivity index (χ3v) is 4.25. The number of carbonyl (C=O) groups excluding carboxylic acids is 1. The number of aromatic nitrogens is 1. The van der Waals surface area contributed by atoms with Gasteiger partial charge in [0.25, 0.3) is 5.91 Å². The molecule has 3 rings (SSSR count). The molecular formula is C17H21N3O2. The quantitative estimate of drug-likeness (QED) is 0.789. The summed E-state index contributed by atoms with van der Waals surface area (Å²) in [6.45, 7) is 1.82. The van der Waals surface area contributed by atoms with E-state index in [1.54, 1.807) is 0 Å². The lowest BCUT2D eigenvalue weighted by molar-refractivity contribution is 0.0919. The molecule has 2 atom stereocenters. The highest BCUT2D eigenvalue weighted by Gasteiger charge is 2.25. The van der Waals surface area contributed by atoms with Crippen LogP contribution in [0.25, 0.3) is 11.3 Å². The molecule has 116 valence electrons. The maximum absolute atomic E-state index is 12.3. The number of rotatable bonds is 4. The summed E-state index contributed by atoms with van der Waals surface area (Å²) in [6, 6.07) is 13.8. The van der Waals surface area contributed by atoms with Gasteiger partial charge in [-0.3, -0.25) is 4.79 Å². The fraction of sp³-hybridized carbons (Fsp3) is 0.353. The molecule has 1 aromatic heterocycles. The minimum absolute atomic E-state index is 0.0813. The standard InChI is InChI=1S/C17H21N3O2/c1-20-14(12-5-3-2-4-6-12)7-8-15(20)17(22)19-10-13-9-18-11-16(13)21/h2-8,13,16,18,21H,9-11H2,1H3,(H,19,22). The zero-order valence-corrected chi connectivity index (χ0v) is 12.6. The Labute approximate surface area is 130 Å². The van der Waals surface area contributed by atoms with E-state index in [4.69, 9.17) is 0 Å². The van der Waals surface area contributed by atoms with Crippen molar-refractivity contribution in [2.45, 2.75) is 6.10 Å². The highest BCUT2D eigenvalue weighted by atomic mass is 16.3. The van der Waals surface area contributed by atoms with Crippen molar-refractivity contribution in [2.24, 2.45) is 13.0 Å². The summed E-state index contributed by atoms with van der Waals surface area (Å²) >= 11 is 0. The van der Waals surface area contributed by atoms with Crippen LogP contribution in [0.2, 0.25) is 0 Å². The van der Waals surface area contributed by atoms with Crippen LogP contribution in [-0.2, 0) is 7.05 Å². The first-order valence-electron chi connectivity index (χ1n) is 7.55.